The fourth-order valence-electron chi connectivity index (χ4n) is 2.37. The van der Waals surface area contributed by atoms with Crippen molar-refractivity contribution in [1.29, 1.82) is 0 Å². The van der Waals surface area contributed by atoms with E-state index in [4.69, 9.17) is 0 Å². The van der Waals surface area contributed by atoms with Gasteiger partial charge in [0.05, 0.1) is 0 Å². The van der Waals surface area contributed by atoms with E-state index < -0.39 is 0 Å². The molecule has 0 radical (unpaired) electrons. The topological polar surface area (TPSA) is 12.0 Å². The molecule has 0 spiro atoms. The number of hydrogen-bond donors (Lipinski definition) is 1. The quantitative estimate of drug-likeness (QED) is 0.729. The molecule has 2 unspecified atom stereocenters. The summed E-state index contributed by atoms with van der Waals surface area (Å²) in [4.78, 5) is 0. The Balaban J connectivity index is 2.15. The van der Waals surface area contributed by atoms with Gasteiger partial charge in [-0.05, 0) is 42.7 Å². The third-order valence-corrected chi connectivity index (χ3v) is 4.20. The Kier molecular flexibility index (Phi) is 5.95. The van der Waals surface area contributed by atoms with Crippen LogP contribution in [0.4, 0.5) is 0 Å². The summed E-state index contributed by atoms with van der Waals surface area (Å²) in [7, 11) is 0. The molecule has 1 rings (SSSR count). The number of thioether (sulfide) groups is 1. The van der Waals surface area contributed by atoms with E-state index in [1.54, 1.807) is 0 Å². The minimum Gasteiger partial charge on any atom is -0.314 e. The maximum Gasteiger partial charge on any atom is 0.00955 e. The van der Waals surface area contributed by atoms with Crippen molar-refractivity contribution in [3.8, 4) is 0 Å². The predicted octanol–water partition coefficient (Wildman–Crippen LogP) is 3.30. The first-order valence-electron chi connectivity index (χ1n) is 6.09. The average molecular weight is 215 g/mol. The van der Waals surface area contributed by atoms with Gasteiger partial charge in [-0.3, -0.25) is 0 Å². The highest BCUT2D eigenvalue weighted by Crippen LogP contribution is 2.29. The van der Waals surface area contributed by atoms with E-state index in [1.807, 2.05) is 0 Å². The molecule has 0 heterocycles. The van der Waals surface area contributed by atoms with Crippen molar-refractivity contribution in [2.75, 3.05) is 12.3 Å². The predicted molar refractivity (Wildman–Crippen MR) is 67.0 cm³/mol. The second-order valence-corrected chi connectivity index (χ2v) is 6.25. The van der Waals surface area contributed by atoms with Crippen LogP contribution in [0.1, 0.15) is 46.5 Å². The average Bonchev–Trinajstić information content (AvgIpc) is 2.53. The van der Waals surface area contributed by atoms with Crippen molar-refractivity contribution in [3.05, 3.63) is 0 Å². The highest BCUT2D eigenvalue weighted by atomic mass is 32.2. The normalized spacial score (nSPS) is 27.4. The van der Waals surface area contributed by atoms with Gasteiger partial charge in [0, 0.05) is 6.04 Å². The zero-order valence-corrected chi connectivity index (χ0v) is 10.7. The van der Waals surface area contributed by atoms with Crippen LogP contribution in [0.25, 0.3) is 0 Å². The number of rotatable bonds is 6. The molecule has 1 fully saturated rings. The molecule has 0 aromatic rings. The van der Waals surface area contributed by atoms with Gasteiger partial charge in [0.1, 0.15) is 0 Å². The molecule has 1 saturated carbocycles. The van der Waals surface area contributed by atoms with Crippen molar-refractivity contribution in [2.45, 2.75) is 57.7 Å². The van der Waals surface area contributed by atoms with Gasteiger partial charge in [-0.1, -0.05) is 27.2 Å². The summed E-state index contributed by atoms with van der Waals surface area (Å²) in [5.74, 6) is 2.31. The summed E-state index contributed by atoms with van der Waals surface area (Å²) in [5, 5.41) is 4.42. The van der Waals surface area contributed by atoms with Crippen molar-refractivity contribution in [3.63, 3.8) is 0 Å². The van der Waals surface area contributed by atoms with Crippen molar-refractivity contribution in [1.82, 2.24) is 5.32 Å². The molecular formula is C12H25NS. The standard InChI is InChI=1S/C12H25NS/c1-4-13-12-7-5-6-11(12)8-9-14-10(2)3/h10-13H,4-9H2,1-3H3. The van der Waals surface area contributed by atoms with E-state index >= 15 is 0 Å². The Morgan fingerprint density at radius 1 is 1.36 bits per heavy atom. The Bertz CT molecular complexity index is 147. The zero-order valence-electron chi connectivity index (χ0n) is 9.88. The van der Waals surface area contributed by atoms with Gasteiger partial charge in [-0.25, -0.2) is 0 Å². The van der Waals surface area contributed by atoms with Crippen LogP contribution >= 0.6 is 11.8 Å². The van der Waals surface area contributed by atoms with E-state index in [2.05, 4.69) is 37.8 Å². The summed E-state index contributed by atoms with van der Waals surface area (Å²) in [6, 6.07) is 0.827. The van der Waals surface area contributed by atoms with Crippen LogP contribution in [0.5, 0.6) is 0 Å². The molecule has 14 heavy (non-hydrogen) atoms. The SMILES string of the molecule is CCNC1CCCC1CCSC(C)C. The summed E-state index contributed by atoms with van der Waals surface area (Å²) < 4.78 is 0. The lowest BCUT2D eigenvalue weighted by molar-refractivity contribution is 0.400. The van der Waals surface area contributed by atoms with Crippen LogP contribution in [0, 0.1) is 5.92 Å². The van der Waals surface area contributed by atoms with E-state index in [-0.39, 0.29) is 0 Å². The molecule has 1 nitrogen and oxygen atoms in total. The van der Waals surface area contributed by atoms with E-state index in [0.717, 1.165) is 23.8 Å². The van der Waals surface area contributed by atoms with Gasteiger partial charge < -0.3 is 5.32 Å². The van der Waals surface area contributed by atoms with E-state index in [0.29, 0.717) is 0 Å². The fourth-order valence-corrected chi connectivity index (χ4v) is 3.28. The molecule has 0 bridgehead atoms. The second-order valence-electron chi connectivity index (χ2n) is 4.56. The van der Waals surface area contributed by atoms with Crippen LogP contribution in [-0.2, 0) is 0 Å². The van der Waals surface area contributed by atoms with Gasteiger partial charge in [0.2, 0.25) is 0 Å². The van der Waals surface area contributed by atoms with Crippen LogP contribution < -0.4 is 5.32 Å². The molecule has 1 aliphatic rings. The molecule has 0 aliphatic heterocycles. The molecule has 1 N–H and O–H groups in total. The van der Waals surface area contributed by atoms with Crippen LogP contribution in [-0.4, -0.2) is 23.6 Å². The summed E-state index contributed by atoms with van der Waals surface area (Å²) in [6.45, 7) is 7.94. The highest BCUT2D eigenvalue weighted by Gasteiger charge is 2.25. The van der Waals surface area contributed by atoms with Crippen molar-refractivity contribution >= 4 is 11.8 Å². The zero-order chi connectivity index (χ0) is 10.4. The Morgan fingerprint density at radius 2 is 2.14 bits per heavy atom. The molecule has 0 saturated heterocycles. The lowest BCUT2D eigenvalue weighted by Crippen LogP contribution is -2.32. The summed E-state index contributed by atoms with van der Waals surface area (Å²) in [6.07, 6.45) is 5.72. The maximum atomic E-state index is 3.62. The highest BCUT2D eigenvalue weighted by molar-refractivity contribution is 7.99. The number of nitrogens with one attached hydrogen (secondary N) is 1. The van der Waals surface area contributed by atoms with Crippen molar-refractivity contribution in [2.24, 2.45) is 5.92 Å². The lowest BCUT2D eigenvalue weighted by Gasteiger charge is -2.20. The molecule has 0 aromatic heterocycles. The fraction of sp³-hybridized carbons (Fsp3) is 1.00. The van der Waals surface area contributed by atoms with E-state index in [1.165, 1.54) is 31.4 Å². The van der Waals surface area contributed by atoms with Crippen LogP contribution in [0.3, 0.4) is 0 Å². The molecule has 0 aromatic carbocycles. The monoisotopic (exact) mass is 215 g/mol. The second kappa shape index (κ2) is 6.73. The third kappa shape index (κ3) is 4.22. The minimum atomic E-state index is 0.800. The summed E-state index contributed by atoms with van der Waals surface area (Å²) >= 11 is 2.11. The molecule has 1 aliphatic carbocycles. The first-order chi connectivity index (χ1) is 6.74. The molecule has 0 amide bonds. The summed E-state index contributed by atoms with van der Waals surface area (Å²) in [5.41, 5.74) is 0. The van der Waals surface area contributed by atoms with Gasteiger partial charge >= 0.3 is 0 Å². The Labute approximate surface area is 93.4 Å². The van der Waals surface area contributed by atoms with Gasteiger partial charge in [-0.2, -0.15) is 11.8 Å². The van der Waals surface area contributed by atoms with Crippen LogP contribution in [0.2, 0.25) is 0 Å². The molecule has 84 valence electrons. The first kappa shape index (κ1) is 12.4. The Morgan fingerprint density at radius 3 is 2.79 bits per heavy atom. The molecular weight excluding hydrogens is 190 g/mol. The van der Waals surface area contributed by atoms with Crippen LogP contribution in [0.15, 0.2) is 0 Å². The molecule has 2 heteroatoms. The minimum absolute atomic E-state index is 0.800. The van der Waals surface area contributed by atoms with Gasteiger partial charge in [0.15, 0.2) is 0 Å². The van der Waals surface area contributed by atoms with Gasteiger partial charge in [-0.15, -0.1) is 0 Å². The van der Waals surface area contributed by atoms with Gasteiger partial charge in [0.25, 0.3) is 0 Å². The van der Waals surface area contributed by atoms with Crippen molar-refractivity contribution < 1.29 is 0 Å². The maximum absolute atomic E-state index is 3.62. The van der Waals surface area contributed by atoms with E-state index in [9.17, 15) is 0 Å². The largest absolute Gasteiger partial charge is 0.314 e. The lowest BCUT2D eigenvalue weighted by atomic mass is 10.0. The third-order valence-electron chi connectivity index (χ3n) is 3.07. The number of hydrogen-bond acceptors (Lipinski definition) is 2. The smallest absolute Gasteiger partial charge is 0.00955 e. The first-order valence-corrected chi connectivity index (χ1v) is 7.14. The Hall–Kier alpha value is 0.310. The molecule has 2 atom stereocenters.